The largest absolute Gasteiger partial charge is 0.490 e. The van der Waals surface area contributed by atoms with Gasteiger partial charge in [0.05, 0.1) is 5.92 Å². The number of nitrogens with zero attached hydrogens (tertiary/aromatic N) is 1. The van der Waals surface area contributed by atoms with E-state index in [1.807, 2.05) is 42.5 Å². The fraction of sp³-hybridized carbons (Fsp3) is 0.303. The van der Waals surface area contributed by atoms with Crippen molar-refractivity contribution in [2.24, 2.45) is 5.92 Å². The first kappa shape index (κ1) is 24.8. The van der Waals surface area contributed by atoms with Crippen molar-refractivity contribution in [2.45, 2.75) is 43.2 Å². The number of rotatable bonds is 6. The number of ketones is 1. The van der Waals surface area contributed by atoms with Crippen LogP contribution in [0.4, 0.5) is 11.4 Å². The molecular weight excluding hydrogens is 502 g/mol. The predicted octanol–water partition coefficient (Wildman–Crippen LogP) is 4.83. The summed E-state index contributed by atoms with van der Waals surface area (Å²) in [7, 11) is 0. The lowest BCUT2D eigenvalue weighted by Crippen LogP contribution is -2.62. The molecule has 2 N–H and O–H groups in total. The highest BCUT2D eigenvalue weighted by molar-refractivity contribution is 6.21. The van der Waals surface area contributed by atoms with Crippen molar-refractivity contribution in [3.63, 3.8) is 0 Å². The molecule has 4 aliphatic heterocycles. The van der Waals surface area contributed by atoms with Gasteiger partial charge < -0.3 is 15.4 Å². The van der Waals surface area contributed by atoms with Crippen LogP contribution in [0.1, 0.15) is 46.8 Å². The number of Topliss-reactive ketones (excluding diaryl/α,β-unsaturated/α-hetero) is 1. The van der Waals surface area contributed by atoms with Gasteiger partial charge in [0.25, 0.3) is 5.91 Å². The maximum atomic E-state index is 14.8. The number of nitrogens with one attached hydrogen (secondary N) is 2. The minimum absolute atomic E-state index is 0.155. The quantitative estimate of drug-likeness (QED) is 0.350. The summed E-state index contributed by atoms with van der Waals surface area (Å²) in [5, 5.41) is 6.29. The van der Waals surface area contributed by atoms with Gasteiger partial charge in [-0.25, -0.2) is 0 Å². The number of fused-ring (bicyclic) bond motifs is 7. The number of carbonyl (C=O) groups is 3. The molecule has 0 aromatic heterocycles. The molecule has 0 aliphatic carbocycles. The second kappa shape index (κ2) is 8.89. The zero-order chi connectivity index (χ0) is 27.6. The summed E-state index contributed by atoms with van der Waals surface area (Å²) in [4.78, 5) is 46.2. The molecule has 202 valence electrons. The van der Waals surface area contributed by atoms with Crippen LogP contribution >= 0.6 is 0 Å². The monoisotopic (exact) mass is 533 g/mol. The second-order valence-electron chi connectivity index (χ2n) is 11.0. The maximum absolute atomic E-state index is 14.8. The number of aryl methyl sites for hydroxylation is 1. The van der Waals surface area contributed by atoms with Crippen molar-refractivity contribution in [2.75, 3.05) is 23.8 Å². The van der Waals surface area contributed by atoms with E-state index in [0.29, 0.717) is 35.7 Å². The van der Waals surface area contributed by atoms with E-state index in [0.717, 1.165) is 36.1 Å². The predicted molar refractivity (Wildman–Crippen MR) is 153 cm³/mol. The van der Waals surface area contributed by atoms with E-state index in [-0.39, 0.29) is 23.6 Å². The normalized spacial score (nSPS) is 27.8. The van der Waals surface area contributed by atoms with Gasteiger partial charge in [0.2, 0.25) is 5.91 Å². The van der Waals surface area contributed by atoms with Gasteiger partial charge in [-0.05, 0) is 55.1 Å². The minimum Gasteiger partial charge on any atom is -0.490 e. The number of ether oxygens (including phenoxy) is 1. The van der Waals surface area contributed by atoms with Crippen molar-refractivity contribution >= 4 is 29.0 Å². The molecular formula is C33H31N3O4. The van der Waals surface area contributed by atoms with Crippen LogP contribution in [0.5, 0.6) is 5.75 Å². The molecule has 2 saturated heterocycles. The number of hydrogen-bond donors (Lipinski definition) is 2. The number of benzene rings is 3. The molecule has 4 atom stereocenters. The number of amides is 2. The molecule has 7 rings (SSSR count). The highest BCUT2D eigenvalue weighted by Crippen LogP contribution is 2.68. The van der Waals surface area contributed by atoms with Crippen LogP contribution in [-0.4, -0.2) is 41.7 Å². The number of hydrogen-bond acceptors (Lipinski definition) is 5. The lowest BCUT2D eigenvalue weighted by atomic mass is 9.57. The summed E-state index contributed by atoms with van der Waals surface area (Å²) in [6.45, 7) is 6.70. The molecule has 0 bridgehead atoms. The van der Waals surface area contributed by atoms with Crippen LogP contribution in [0.25, 0.3) is 0 Å². The number of carbonyl (C=O) groups excluding carboxylic acids is 3. The molecule has 3 aromatic carbocycles. The summed E-state index contributed by atoms with van der Waals surface area (Å²) in [6, 6.07) is 20.3. The van der Waals surface area contributed by atoms with Crippen LogP contribution < -0.4 is 15.4 Å². The summed E-state index contributed by atoms with van der Waals surface area (Å²) in [5.74, 6) is -0.914. The van der Waals surface area contributed by atoms with E-state index in [2.05, 4.69) is 29.0 Å². The molecule has 3 aromatic rings. The molecule has 7 nitrogen and oxygen atoms in total. The second-order valence-corrected chi connectivity index (χ2v) is 11.0. The Morgan fingerprint density at radius 1 is 1.05 bits per heavy atom. The third-order valence-corrected chi connectivity index (χ3v) is 9.37. The Labute approximate surface area is 233 Å². The molecule has 2 spiro atoms. The van der Waals surface area contributed by atoms with Crippen molar-refractivity contribution < 1.29 is 19.1 Å². The van der Waals surface area contributed by atoms with Crippen molar-refractivity contribution in [3.8, 4) is 5.75 Å². The van der Waals surface area contributed by atoms with Crippen LogP contribution in [0.15, 0.2) is 79.4 Å². The van der Waals surface area contributed by atoms with Gasteiger partial charge in [0.1, 0.15) is 23.3 Å². The average molecular weight is 534 g/mol. The lowest BCUT2D eigenvalue weighted by molar-refractivity contribution is -0.137. The third kappa shape index (κ3) is 2.90. The molecule has 0 radical (unpaired) electrons. The molecule has 4 heterocycles. The van der Waals surface area contributed by atoms with Gasteiger partial charge in [-0.1, -0.05) is 68.1 Å². The number of anilines is 2. The smallest absolute Gasteiger partial charge is 0.251 e. The first-order valence-electron chi connectivity index (χ1n) is 14.0. The van der Waals surface area contributed by atoms with Crippen LogP contribution in [0.3, 0.4) is 0 Å². The zero-order valence-electron chi connectivity index (χ0n) is 22.4. The fourth-order valence-electron chi connectivity index (χ4n) is 8.03. The summed E-state index contributed by atoms with van der Waals surface area (Å²) in [5.41, 5.74) is 1.58. The SMILES string of the molecule is C=CCOc1cccc(C(=O)C2C3CCCN3C3(C(=O)Nc4c(CC)cccc43)C23C(=O)Nc2ccccc23)c1. The molecule has 40 heavy (non-hydrogen) atoms. The van der Waals surface area contributed by atoms with Crippen molar-refractivity contribution in [1.82, 2.24) is 4.90 Å². The summed E-state index contributed by atoms with van der Waals surface area (Å²) in [6.07, 6.45) is 3.95. The van der Waals surface area contributed by atoms with E-state index in [4.69, 9.17) is 4.74 Å². The Bertz CT molecular complexity index is 1600. The molecule has 4 unspecified atom stereocenters. The molecule has 2 fully saturated rings. The first-order valence-corrected chi connectivity index (χ1v) is 14.0. The Morgan fingerprint density at radius 2 is 1.85 bits per heavy atom. The fourth-order valence-corrected chi connectivity index (χ4v) is 8.03. The van der Waals surface area contributed by atoms with Crippen LogP contribution in [0, 0.1) is 5.92 Å². The van der Waals surface area contributed by atoms with Crippen molar-refractivity contribution in [1.29, 1.82) is 0 Å². The molecule has 7 heteroatoms. The highest BCUT2D eigenvalue weighted by atomic mass is 16.5. The highest BCUT2D eigenvalue weighted by Gasteiger charge is 2.81. The zero-order valence-corrected chi connectivity index (χ0v) is 22.4. The van der Waals surface area contributed by atoms with E-state index in [9.17, 15) is 14.4 Å². The van der Waals surface area contributed by atoms with Crippen LogP contribution in [0.2, 0.25) is 0 Å². The lowest BCUT2D eigenvalue weighted by Gasteiger charge is -2.43. The Hall–Kier alpha value is -4.23. The Morgan fingerprint density at radius 3 is 2.67 bits per heavy atom. The number of para-hydroxylation sites is 2. The van der Waals surface area contributed by atoms with E-state index < -0.39 is 16.9 Å². The third-order valence-electron chi connectivity index (χ3n) is 9.37. The van der Waals surface area contributed by atoms with Gasteiger partial charge in [-0.15, -0.1) is 0 Å². The van der Waals surface area contributed by atoms with Gasteiger partial charge in [-0.2, -0.15) is 0 Å². The Kier molecular flexibility index (Phi) is 5.51. The topological polar surface area (TPSA) is 87.7 Å². The van der Waals surface area contributed by atoms with Crippen molar-refractivity contribution in [3.05, 3.63) is 102 Å². The first-order chi connectivity index (χ1) is 19.5. The van der Waals surface area contributed by atoms with Gasteiger partial charge in [0, 0.05) is 28.5 Å². The summed E-state index contributed by atoms with van der Waals surface area (Å²) >= 11 is 0. The average Bonchev–Trinajstić information content (AvgIpc) is 3.70. The maximum Gasteiger partial charge on any atom is 0.251 e. The van der Waals surface area contributed by atoms with E-state index in [1.165, 1.54) is 0 Å². The standard InChI is InChI=1S/C33H31N3O4/c1-3-18-40-22-12-7-11-21(19-22)29(37)27-26-16-9-17-36(26)33(24-14-8-10-20(4-2)28(24)35-31(33)39)32(27)23-13-5-6-15-25(23)34-30(32)38/h3,5-8,10-15,19,26-27H,1,4,9,16-18H2,2H3,(H,34,38)(H,35,39). The van der Waals surface area contributed by atoms with Gasteiger partial charge in [-0.3, -0.25) is 19.3 Å². The molecule has 2 amide bonds. The summed E-state index contributed by atoms with van der Waals surface area (Å²) < 4.78 is 5.75. The molecule has 4 aliphatic rings. The van der Waals surface area contributed by atoms with Crippen LogP contribution in [-0.2, 0) is 27.0 Å². The molecule has 0 saturated carbocycles. The van der Waals surface area contributed by atoms with E-state index >= 15 is 0 Å². The van der Waals surface area contributed by atoms with Gasteiger partial charge >= 0.3 is 0 Å². The van der Waals surface area contributed by atoms with E-state index in [1.54, 1.807) is 30.3 Å². The Balaban J connectivity index is 1.52. The minimum atomic E-state index is -1.45. The van der Waals surface area contributed by atoms with Gasteiger partial charge in [0.15, 0.2) is 5.78 Å².